The zero-order chi connectivity index (χ0) is 25.2. The quantitative estimate of drug-likeness (QED) is 0.291. The Kier molecular flexibility index (Phi) is 8.65. The van der Waals surface area contributed by atoms with Gasteiger partial charge in [0.25, 0.3) is 0 Å². The minimum Gasteiger partial charge on any atom is -1.00 e. The van der Waals surface area contributed by atoms with Gasteiger partial charge in [0.1, 0.15) is 0 Å². The van der Waals surface area contributed by atoms with Crippen LogP contribution in [0.5, 0.6) is 0 Å². The van der Waals surface area contributed by atoms with Gasteiger partial charge in [-0.25, -0.2) is 4.74 Å². The van der Waals surface area contributed by atoms with Crippen LogP contribution in [-0.2, 0) is 14.9 Å². The molecule has 0 bridgehead atoms. The minimum atomic E-state index is -8.35. The predicted octanol–water partition coefficient (Wildman–Crippen LogP) is 1.89. The maximum atomic E-state index is 13.0. The first-order chi connectivity index (χ1) is 12.5. The molecule has 0 heterocycles. The van der Waals surface area contributed by atoms with Crippen molar-refractivity contribution >= 4 is 10.1 Å². The van der Waals surface area contributed by atoms with Crippen LogP contribution in [0.15, 0.2) is 0 Å². The van der Waals surface area contributed by atoms with E-state index in [9.17, 15) is 83.1 Å². The molecule has 0 amide bonds. The van der Waals surface area contributed by atoms with Crippen molar-refractivity contribution in [1.82, 2.24) is 0 Å². The van der Waals surface area contributed by atoms with Gasteiger partial charge < -0.3 is 1.43 Å². The van der Waals surface area contributed by atoms with Crippen LogP contribution in [0.2, 0.25) is 0 Å². The summed E-state index contributed by atoms with van der Waals surface area (Å²) < 4.78 is 243. The monoisotopic (exact) mass is 540 g/mol. The van der Waals surface area contributed by atoms with E-state index in [4.69, 9.17) is 4.55 Å². The van der Waals surface area contributed by atoms with Gasteiger partial charge in [-0.2, -0.15) is 83.1 Å². The molecule has 0 radical (unpaired) electrons. The van der Waals surface area contributed by atoms with Gasteiger partial charge in [0.05, 0.1) is 0 Å². The van der Waals surface area contributed by atoms with Crippen LogP contribution >= 0.6 is 0 Å². The fraction of sp³-hybridized carbons (Fsp3) is 1.00. The van der Waals surface area contributed by atoms with Gasteiger partial charge in [-0.05, 0) is 0 Å². The van der Waals surface area contributed by atoms with Crippen molar-refractivity contribution < 1.29 is 123 Å². The average Bonchev–Trinajstić information content (AvgIpc) is 2.42. The van der Waals surface area contributed by atoms with Crippen LogP contribution in [0.4, 0.5) is 74.6 Å². The van der Waals surface area contributed by atoms with Gasteiger partial charge in [0, 0.05) is 0 Å². The largest absolute Gasteiger partial charge is 1.00 e. The van der Waals surface area contributed by atoms with Crippen molar-refractivity contribution in [3.05, 3.63) is 0 Å². The van der Waals surface area contributed by atoms with Crippen molar-refractivity contribution in [1.29, 1.82) is 0 Å². The van der Waals surface area contributed by atoms with Crippen molar-refractivity contribution in [2.45, 2.75) is 47.3 Å². The van der Waals surface area contributed by atoms with E-state index < -0.39 is 57.5 Å². The molecule has 0 unspecified atom stereocenters. The van der Waals surface area contributed by atoms with Gasteiger partial charge >= 0.3 is 87.0 Å². The smallest absolute Gasteiger partial charge is 1.00 e. The van der Waals surface area contributed by atoms with Crippen molar-refractivity contribution in [2.75, 3.05) is 0 Å². The van der Waals surface area contributed by atoms with Gasteiger partial charge in [-0.1, -0.05) is 0 Å². The molecule has 0 saturated heterocycles. The molecule has 0 rings (SSSR count). The third kappa shape index (κ3) is 4.82. The van der Waals surface area contributed by atoms with E-state index in [0.29, 0.717) is 0 Å². The van der Waals surface area contributed by atoms with Crippen LogP contribution in [0.3, 0.4) is 0 Å². The van der Waals surface area contributed by atoms with Gasteiger partial charge in [-0.15, -0.1) is 0 Å². The summed E-state index contributed by atoms with van der Waals surface area (Å²) in [7, 11) is -7.77. The molecular weight excluding hydrogens is 538 g/mol. The summed E-state index contributed by atoms with van der Waals surface area (Å²) in [4.78, 5) is 0. The molecule has 0 aliphatic heterocycles. The number of ether oxygens (including phenoxy) is 1. The summed E-state index contributed by atoms with van der Waals surface area (Å²) >= 11 is 0. The zero-order valence-electron chi connectivity index (χ0n) is 14.5. The second kappa shape index (κ2) is 8.17. The Labute approximate surface area is 181 Å². The molecule has 0 atom stereocenters. The first-order valence-electron chi connectivity index (χ1n) is 5.84. The molecule has 0 aromatic heterocycles. The number of hydrogen-bond donors (Lipinski definition) is 1. The molecule has 0 aromatic carbocycles. The molecule has 0 aromatic rings. The molecule has 4 nitrogen and oxygen atoms in total. The van der Waals surface area contributed by atoms with Crippen LogP contribution in [0.1, 0.15) is 1.43 Å². The Bertz CT molecular complexity index is 763. The molecular formula is C8H2F17NaO4S. The van der Waals surface area contributed by atoms with E-state index in [1.165, 1.54) is 0 Å². The summed E-state index contributed by atoms with van der Waals surface area (Å²) in [6, 6.07) is 0. The Morgan fingerprint density at radius 2 is 0.806 bits per heavy atom. The van der Waals surface area contributed by atoms with E-state index in [1.54, 1.807) is 0 Å². The summed E-state index contributed by atoms with van der Waals surface area (Å²) in [6.07, 6.45) is -24.0. The van der Waals surface area contributed by atoms with Crippen LogP contribution in [0, 0.1) is 0 Å². The minimum absolute atomic E-state index is 0. The van der Waals surface area contributed by atoms with Gasteiger partial charge in [0.2, 0.25) is 0 Å². The first kappa shape index (κ1) is 32.9. The molecule has 23 heteroatoms. The van der Waals surface area contributed by atoms with E-state index in [1.807, 2.05) is 0 Å². The van der Waals surface area contributed by atoms with Crippen molar-refractivity contribution in [3.8, 4) is 0 Å². The van der Waals surface area contributed by atoms with Gasteiger partial charge in [0.15, 0.2) is 0 Å². The Morgan fingerprint density at radius 3 is 1.03 bits per heavy atom. The Morgan fingerprint density at radius 1 is 0.548 bits per heavy atom. The van der Waals surface area contributed by atoms with Crippen LogP contribution in [-0.4, -0.2) is 60.3 Å². The topological polar surface area (TPSA) is 63.6 Å². The normalized spacial score (nSPS) is 16.2. The maximum absolute atomic E-state index is 13.0. The number of rotatable bonds is 8. The van der Waals surface area contributed by atoms with Crippen molar-refractivity contribution in [2.24, 2.45) is 0 Å². The van der Waals surface area contributed by atoms with E-state index in [2.05, 4.69) is 0 Å². The third-order valence-corrected chi connectivity index (χ3v) is 3.73. The third-order valence-electron chi connectivity index (χ3n) is 2.82. The maximum Gasteiger partial charge on any atom is 1.00 e. The molecule has 1 N–H and O–H groups in total. The van der Waals surface area contributed by atoms with E-state index in [-0.39, 0.29) is 31.0 Å². The van der Waals surface area contributed by atoms with Gasteiger partial charge in [-0.3, -0.25) is 4.55 Å². The second-order valence-electron chi connectivity index (χ2n) is 4.92. The predicted molar refractivity (Wildman–Crippen MR) is 54.4 cm³/mol. The second-order valence-corrected chi connectivity index (χ2v) is 6.39. The van der Waals surface area contributed by atoms with Crippen molar-refractivity contribution in [3.63, 3.8) is 0 Å². The SMILES string of the molecule is O=S(=O)(O)C(F)(F)C(F)(F)C(F)(F)C(F)(F)OC(F)(F)C(F)(F)C(F)(F)C(F)(F)F.[H-].[Na+]. The summed E-state index contributed by atoms with van der Waals surface area (Å²) in [5.74, 6) is -32.8. The van der Waals surface area contributed by atoms with E-state index >= 15 is 0 Å². The van der Waals surface area contributed by atoms with Crippen LogP contribution < -0.4 is 29.6 Å². The van der Waals surface area contributed by atoms with Crippen LogP contribution in [0.25, 0.3) is 0 Å². The fourth-order valence-electron chi connectivity index (χ4n) is 1.18. The number of alkyl halides is 17. The summed E-state index contributed by atoms with van der Waals surface area (Å²) in [5.41, 5.74) is 0. The molecule has 0 saturated carbocycles. The molecule has 31 heavy (non-hydrogen) atoms. The molecule has 184 valence electrons. The zero-order valence-corrected chi connectivity index (χ0v) is 16.3. The number of halogens is 17. The summed E-state index contributed by atoms with van der Waals surface area (Å²) in [5, 5.41) is -7.68. The standard InChI is InChI=1S/C8HF17O4S.Na.H/c9-1(10,5(17,18)19)2(11,12)6(20,21)29-7(22,23)3(13,14)4(15,16)8(24,25)30(26,27)28;;/h(H,26,27,28);;/q;+1;-1. The molecule has 0 aliphatic carbocycles. The molecule has 0 spiro atoms. The molecule has 0 fully saturated rings. The first-order valence-corrected chi connectivity index (χ1v) is 7.28. The fourth-order valence-corrected chi connectivity index (χ4v) is 1.63. The van der Waals surface area contributed by atoms with E-state index in [0.717, 1.165) is 4.74 Å². The number of hydrogen-bond acceptors (Lipinski definition) is 3. The Hall–Kier alpha value is -0.320. The average molecular weight is 540 g/mol. The molecule has 0 aliphatic rings. The Balaban J connectivity index is -0.00000420. The summed E-state index contributed by atoms with van der Waals surface area (Å²) in [6.45, 7) is 0.